The van der Waals surface area contributed by atoms with Gasteiger partial charge in [0.2, 0.25) is 5.95 Å². The Morgan fingerprint density at radius 2 is 1.91 bits per heavy atom. The maximum atomic E-state index is 9.69. The zero-order chi connectivity index (χ0) is 15.7. The van der Waals surface area contributed by atoms with Crippen molar-refractivity contribution in [3.05, 3.63) is 41.1 Å². The fourth-order valence-corrected chi connectivity index (χ4v) is 3.66. The van der Waals surface area contributed by atoms with Crippen LogP contribution in [0.15, 0.2) is 24.3 Å². The summed E-state index contributed by atoms with van der Waals surface area (Å²) >= 11 is 0. The summed E-state index contributed by atoms with van der Waals surface area (Å²) in [4.78, 5) is 8.39. The molecular formula is C17H22N4O. The van der Waals surface area contributed by atoms with Crippen molar-refractivity contribution in [2.75, 3.05) is 11.5 Å². The Kier molecular flexibility index (Phi) is 3.88. The van der Waals surface area contributed by atoms with Crippen LogP contribution in [0.25, 0.3) is 0 Å². The van der Waals surface area contributed by atoms with E-state index in [0.717, 1.165) is 36.9 Å². The smallest absolute Gasteiger partial charge is 0.222 e. The van der Waals surface area contributed by atoms with Crippen LogP contribution in [0.3, 0.4) is 0 Å². The molecule has 1 heterocycles. The summed E-state index contributed by atoms with van der Waals surface area (Å²) in [6.07, 6.45) is 4.36. The lowest BCUT2D eigenvalue weighted by molar-refractivity contribution is 0.391. The molecule has 0 spiro atoms. The Labute approximate surface area is 130 Å². The molecule has 0 saturated heterocycles. The fourth-order valence-electron chi connectivity index (χ4n) is 3.66. The Bertz CT molecular complexity index is 663. The molecule has 2 unspecified atom stereocenters. The Morgan fingerprint density at radius 3 is 2.64 bits per heavy atom. The average molecular weight is 298 g/mol. The molecule has 5 N–H and O–H groups in total. The third-order valence-corrected chi connectivity index (χ3v) is 4.61. The topological polar surface area (TPSA) is 98.0 Å². The molecule has 1 aliphatic carbocycles. The van der Waals surface area contributed by atoms with E-state index in [1.165, 1.54) is 5.56 Å². The molecule has 3 rings (SSSR count). The average Bonchev–Trinajstić information content (AvgIpc) is 2.46. The first-order valence-electron chi connectivity index (χ1n) is 7.73. The maximum Gasteiger partial charge on any atom is 0.222 e. The molecule has 1 aromatic carbocycles. The third kappa shape index (κ3) is 2.84. The Balaban J connectivity index is 1.88. The molecule has 1 saturated carbocycles. The van der Waals surface area contributed by atoms with Gasteiger partial charge in [-0.05, 0) is 55.7 Å². The zero-order valence-corrected chi connectivity index (χ0v) is 12.8. The van der Waals surface area contributed by atoms with Crippen LogP contribution in [0.5, 0.6) is 5.75 Å². The van der Waals surface area contributed by atoms with Crippen molar-refractivity contribution in [2.45, 2.75) is 44.4 Å². The highest BCUT2D eigenvalue weighted by atomic mass is 16.3. The molecular weight excluding hydrogens is 276 g/mol. The molecule has 0 bridgehead atoms. The molecule has 0 aliphatic heterocycles. The quantitative estimate of drug-likeness (QED) is 0.791. The van der Waals surface area contributed by atoms with Gasteiger partial charge in [-0.25, -0.2) is 4.98 Å². The summed E-state index contributed by atoms with van der Waals surface area (Å²) in [5, 5.41) is 9.69. The van der Waals surface area contributed by atoms with Gasteiger partial charge in [0, 0.05) is 11.3 Å². The number of hydrogen-bond acceptors (Lipinski definition) is 5. The van der Waals surface area contributed by atoms with Gasteiger partial charge in [0.25, 0.3) is 0 Å². The number of anilines is 2. The second kappa shape index (κ2) is 5.83. The molecule has 22 heavy (non-hydrogen) atoms. The van der Waals surface area contributed by atoms with Crippen LogP contribution in [0.2, 0.25) is 0 Å². The van der Waals surface area contributed by atoms with Crippen LogP contribution in [0.4, 0.5) is 11.8 Å². The zero-order valence-electron chi connectivity index (χ0n) is 12.8. The van der Waals surface area contributed by atoms with Crippen molar-refractivity contribution in [1.82, 2.24) is 9.97 Å². The van der Waals surface area contributed by atoms with E-state index in [-0.39, 0.29) is 5.95 Å². The monoisotopic (exact) mass is 298 g/mol. The van der Waals surface area contributed by atoms with E-state index in [2.05, 4.69) is 16.0 Å². The Hall–Kier alpha value is -2.30. The van der Waals surface area contributed by atoms with E-state index in [1.54, 1.807) is 6.07 Å². The summed E-state index contributed by atoms with van der Waals surface area (Å²) in [5.74, 6) is 1.85. The molecule has 1 aromatic heterocycles. The first-order chi connectivity index (χ1) is 10.5. The van der Waals surface area contributed by atoms with Gasteiger partial charge in [0.15, 0.2) is 0 Å². The molecule has 1 fully saturated rings. The Morgan fingerprint density at radius 1 is 1.14 bits per heavy atom. The van der Waals surface area contributed by atoms with E-state index in [0.29, 0.717) is 23.4 Å². The normalized spacial score (nSPS) is 21.7. The minimum atomic E-state index is 0.235. The van der Waals surface area contributed by atoms with Crippen molar-refractivity contribution in [3.63, 3.8) is 0 Å². The van der Waals surface area contributed by atoms with E-state index in [1.807, 2.05) is 19.1 Å². The molecule has 0 radical (unpaired) electrons. The second-order valence-electron chi connectivity index (χ2n) is 6.12. The molecule has 5 heteroatoms. The summed E-state index contributed by atoms with van der Waals surface area (Å²) in [6, 6.07) is 7.56. The number of hydrogen-bond donors (Lipinski definition) is 3. The lowest BCUT2D eigenvalue weighted by Gasteiger charge is -2.30. The van der Waals surface area contributed by atoms with Crippen LogP contribution >= 0.6 is 0 Å². The number of aromatic nitrogens is 2. The SMILES string of the molecule is Cc1nc(N)nc(N)c1C1CCCC(c2cccc(O)c2)C1. The molecule has 5 nitrogen and oxygen atoms in total. The maximum absolute atomic E-state index is 9.69. The number of phenolic OH excluding ortho intramolecular Hbond substituents is 1. The predicted molar refractivity (Wildman–Crippen MR) is 87.7 cm³/mol. The minimum absolute atomic E-state index is 0.235. The highest BCUT2D eigenvalue weighted by Gasteiger charge is 2.28. The van der Waals surface area contributed by atoms with E-state index in [9.17, 15) is 5.11 Å². The van der Waals surface area contributed by atoms with Crippen molar-refractivity contribution in [1.29, 1.82) is 0 Å². The number of phenols is 1. The van der Waals surface area contributed by atoms with Crippen LogP contribution in [-0.4, -0.2) is 15.1 Å². The molecule has 116 valence electrons. The number of aryl methyl sites for hydroxylation is 1. The van der Waals surface area contributed by atoms with Crippen molar-refractivity contribution in [3.8, 4) is 5.75 Å². The molecule has 2 atom stereocenters. The van der Waals surface area contributed by atoms with Gasteiger partial charge in [-0.15, -0.1) is 0 Å². The highest BCUT2D eigenvalue weighted by Crippen LogP contribution is 2.43. The van der Waals surface area contributed by atoms with Crippen LogP contribution in [-0.2, 0) is 0 Å². The lowest BCUT2D eigenvalue weighted by atomic mass is 9.75. The van der Waals surface area contributed by atoms with E-state index >= 15 is 0 Å². The second-order valence-corrected chi connectivity index (χ2v) is 6.12. The number of benzene rings is 1. The largest absolute Gasteiger partial charge is 0.508 e. The van der Waals surface area contributed by atoms with Crippen LogP contribution in [0, 0.1) is 6.92 Å². The fraction of sp³-hybridized carbons (Fsp3) is 0.412. The lowest BCUT2D eigenvalue weighted by Crippen LogP contribution is -2.17. The molecule has 2 aromatic rings. The van der Waals surface area contributed by atoms with E-state index < -0.39 is 0 Å². The van der Waals surface area contributed by atoms with Crippen molar-refractivity contribution < 1.29 is 5.11 Å². The summed E-state index contributed by atoms with van der Waals surface area (Å²) in [6.45, 7) is 1.95. The van der Waals surface area contributed by atoms with Gasteiger partial charge in [0.1, 0.15) is 11.6 Å². The van der Waals surface area contributed by atoms with Gasteiger partial charge < -0.3 is 16.6 Å². The standard InChI is InChI=1S/C17H22N4O/c1-10-15(16(18)21-17(19)20-10)13-6-2-4-11(8-13)12-5-3-7-14(22)9-12/h3,5,7,9,11,13,22H,2,4,6,8H2,1H3,(H4,18,19,20,21). The number of nitrogens with two attached hydrogens (primary N) is 2. The third-order valence-electron chi connectivity index (χ3n) is 4.61. The van der Waals surface area contributed by atoms with Crippen LogP contribution in [0.1, 0.15) is 54.3 Å². The number of aromatic hydroxyl groups is 1. The number of nitrogen functional groups attached to an aromatic ring is 2. The molecule has 0 amide bonds. The number of rotatable bonds is 2. The summed E-state index contributed by atoms with van der Waals surface area (Å²) < 4.78 is 0. The summed E-state index contributed by atoms with van der Waals surface area (Å²) in [5.41, 5.74) is 14.9. The van der Waals surface area contributed by atoms with Crippen LogP contribution < -0.4 is 11.5 Å². The van der Waals surface area contributed by atoms with Gasteiger partial charge in [-0.3, -0.25) is 0 Å². The highest BCUT2D eigenvalue weighted by molar-refractivity contribution is 5.48. The van der Waals surface area contributed by atoms with Gasteiger partial charge in [0.05, 0.1) is 0 Å². The van der Waals surface area contributed by atoms with Crippen molar-refractivity contribution in [2.24, 2.45) is 0 Å². The summed E-state index contributed by atoms with van der Waals surface area (Å²) in [7, 11) is 0. The van der Waals surface area contributed by atoms with Gasteiger partial charge in [-0.1, -0.05) is 18.6 Å². The van der Waals surface area contributed by atoms with Gasteiger partial charge in [-0.2, -0.15) is 4.98 Å². The van der Waals surface area contributed by atoms with Crippen molar-refractivity contribution >= 4 is 11.8 Å². The number of nitrogens with zero attached hydrogens (tertiary/aromatic N) is 2. The first-order valence-corrected chi connectivity index (χ1v) is 7.73. The minimum Gasteiger partial charge on any atom is -0.508 e. The molecule has 1 aliphatic rings. The van der Waals surface area contributed by atoms with E-state index in [4.69, 9.17) is 11.5 Å². The predicted octanol–water partition coefficient (Wildman–Crippen LogP) is 3.10. The van der Waals surface area contributed by atoms with Gasteiger partial charge >= 0.3 is 0 Å². The first kappa shape index (κ1) is 14.6.